The van der Waals surface area contributed by atoms with Crippen LogP contribution in [0, 0.1) is 23.7 Å². The molecular weight excluding hydrogens is 354 g/mol. The zero-order chi connectivity index (χ0) is 20.3. The van der Waals surface area contributed by atoms with E-state index < -0.39 is 11.9 Å². The smallest absolute Gasteiger partial charge is 0.317 e. The Kier molecular flexibility index (Phi) is 6.60. The highest BCUT2D eigenvalue weighted by molar-refractivity contribution is 5.77. The molecule has 2 aliphatic rings. The summed E-state index contributed by atoms with van der Waals surface area (Å²) < 4.78 is 0. The molecule has 154 valence electrons. The number of hydrogen-bond acceptors (Lipinski definition) is 3. The van der Waals surface area contributed by atoms with Crippen LogP contribution in [0.4, 0.5) is 4.79 Å². The summed E-state index contributed by atoms with van der Waals surface area (Å²) in [4.78, 5) is 28.4. The summed E-state index contributed by atoms with van der Waals surface area (Å²) in [5.74, 6) is -0.372. The lowest BCUT2D eigenvalue weighted by molar-refractivity contribution is -0.143. The highest BCUT2D eigenvalue weighted by Crippen LogP contribution is 2.25. The van der Waals surface area contributed by atoms with E-state index in [0.29, 0.717) is 31.3 Å². The Bertz CT molecular complexity index is 669. The minimum absolute atomic E-state index is 0.111. The van der Waals surface area contributed by atoms with E-state index in [2.05, 4.69) is 48.3 Å². The maximum atomic E-state index is 12.9. The maximum Gasteiger partial charge on any atom is 0.317 e. The molecule has 4 atom stereocenters. The van der Waals surface area contributed by atoms with Gasteiger partial charge in [0, 0.05) is 38.8 Å². The number of likely N-dealkylation sites (tertiary alicyclic amines) is 2. The van der Waals surface area contributed by atoms with E-state index in [1.54, 1.807) is 4.90 Å². The third-order valence-electron chi connectivity index (χ3n) is 6.15. The van der Waals surface area contributed by atoms with E-state index in [1.807, 2.05) is 13.0 Å². The monoisotopic (exact) mass is 387 g/mol. The maximum absolute atomic E-state index is 12.9. The molecular formula is C22H33N3O3. The van der Waals surface area contributed by atoms with Crippen LogP contribution >= 0.6 is 0 Å². The molecule has 2 fully saturated rings. The molecule has 3 rings (SSSR count). The summed E-state index contributed by atoms with van der Waals surface area (Å²) in [6.45, 7) is 10.2. The van der Waals surface area contributed by atoms with Gasteiger partial charge in [0.05, 0.1) is 5.92 Å². The van der Waals surface area contributed by atoms with E-state index in [9.17, 15) is 14.7 Å². The van der Waals surface area contributed by atoms with E-state index in [4.69, 9.17) is 0 Å². The fourth-order valence-electron chi connectivity index (χ4n) is 4.86. The standard InChI is InChI=1S/C22H33N3O3/c1-15-9-19(21(26)27)14-25(10-15)22(28)23-20-16(2)11-24(12-17(20)3)13-18-7-5-4-6-8-18/h4-8,15-17,19-20H,9-14H2,1-3H3,(H,23,28)(H,26,27). The van der Waals surface area contributed by atoms with Gasteiger partial charge >= 0.3 is 12.0 Å². The number of nitrogens with one attached hydrogen (secondary N) is 1. The number of benzene rings is 1. The van der Waals surface area contributed by atoms with Gasteiger partial charge in [-0.3, -0.25) is 9.69 Å². The molecule has 2 aliphatic heterocycles. The topological polar surface area (TPSA) is 72.9 Å². The van der Waals surface area contributed by atoms with Gasteiger partial charge in [-0.15, -0.1) is 0 Å². The van der Waals surface area contributed by atoms with Crippen LogP contribution in [-0.2, 0) is 11.3 Å². The lowest BCUT2D eigenvalue weighted by atomic mass is 9.85. The van der Waals surface area contributed by atoms with Crippen molar-refractivity contribution >= 4 is 12.0 Å². The van der Waals surface area contributed by atoms with Crippen molar-refractivity contribution < 1.29 is 14.7 Å². The molecule has 0 saturated carbocycles. The van der Waals surface area contributed by atoms with Gasteiger partial charge in [-0.2, -0.15) is 0 Å². The fourth-order valence-corrected chi connectivity index (χ4v) is 4.86. The molecule has 0 aromatic heterocycles. The predicted octanol–water partition coefficient (Wildman–Crippen LogP) is 2.90. The number of rotatable bonds is 4. The second-order valence-corrected chi connectivity index (χ2v) is 8.89. The summed E-state index contributed by atoms with van der Waals surface area (Å²) >= 11 is 0. The quantitative estimate of drug-likeness (QED) is 0.833. The van der Waals surface area contributed by atoms with Crippen LogP contribution in [-0.4, -0.2) is 59.1 Å². The molecule has 0 spiro atoms. The van der Waals surface area contributed by atoms with Crippen LogP contribution in [0.15, 0.2) is 30.3 Å². The Hall–Kier alpha value is -2.08. The summed E-state index contributed by atoms with van der Waals surface area (Å²) in [7, 11) is 0. The van der Waals surface area contributed by atoms with Gasteiger partial charge in [-0.05, 0) is 29.7 Å². The molecule has 2 saturated heterocycles. The lowest BCUT2D eigenvalue weighted by Crippen LogP contribution is -2.58. The first-order chi connectivity index (χ1) is 13.3. The van der Waals surface area contributed by atoms with Gasteiger partial charge in [-0.1, -0.05) is 51.1 Å². The molecule has 0 aliphatic carbocycles. The Morgan fingerprint density at radius 2 is 1.68 bits per heavy atom. The molecule has 6 nitrogen and oxygen atoms in total. The molecule has 4 unspecified atom stereocenters. The molecule has 0 bridgehead atoms. The van der Waals surface area contributed by atoms with Gasteiger partial charge in [0.25, 0.3) is 0 Å². The van der Waals surface area contributed by atoms with Gasteiger partial charge in [0.2, 0.25) is 0 Å². The molecule has 1 aromatic carbocycles. The zero-order valence-electron chi connectivity index (χ0n) is 17.2. The van der Waals surface area contributed by atoms with Gasteiger partial charge in [0.15, 0.2) is 0 Å². The zero-order valence-corrected chi connectivity index (χ0v) is 17.2. The highest BCUT2D eigenvalue weighted by Gasteiger charge is 2.36. The number of urea groups is 1. The van der Waals surface area contributed by atoms with Crippen molar-refractivity contribution in [3.63, 3.8) is 0 Å². The number of aliphatic carboxylic acids is 1. The van der Waals surface area contributed by atoms with Crippen LogP contribution in [0.25, 0.3) is 0 Å². The molecule has 0 radical (unpaired) electrons. The Morgan fingerprint density at radius 1 is 1.04 bits per heavy atom. The summed E-state index contributed by atoms with van der Waals surface area (Å²) in [6, 6.07) is 10.5. The number of carbonyl (C=O) groups excluding carboxylic acids is 1. The number of hydrogen-bond donors (Lipinski definition) is 2. The van der Waals surface area contributed by atoms with E-state index in [0.717, 1.165) is 19.6 Å². The van der Waals surface area contributed by atoms with Crippen molar-refractivity contribution in [2.24, 2.45) is 23.7 Å². The normalized spacial score (nSPS) is 31.4. The average molecular weight is 388 g/mol. The fraction of sp³-hybridized carbons (Fsp3) is 0.636. The Morgan fingerprint density at radius 3 is 2.29 bits per heavy atom. The van der Waals surface area contributed by atoms with Crippen molar-refractivity contribution in [3.05, 3.63) is 35.9 Å². The van der Waals surface area contributed by atoms with E-state index in [-0.39, 0.29) is 18.0 Å². The van der Waals surface area contributed by atoms with Crippen molar-refractivity contribution in [1.29, 1.82) is 0 Å². The van der Waals surface area contributed by atoms with Crippen LogP contribution in [0.1, 0.15) is 32.8 Å². The predicted molar refractivity (Wildman–Crippen MR) is 109 cm³/mol. The summed E-state index contributed by atoms with van der Waals surface area (Å²) in [6.07, 6.45) is 0.643. The Balaban J connectivity index is 1.57. The van der Waals surface area contributed by atoms with Crippen LogP contribution < -0.4 is 5.32 Å². The minimum Gasteiger partial charge on any atom is -0.481 e. The molecule has 2 heterocycles. The SMILES string of the molecule is CC1CC(C(=O)O)CN(C(=O)NC2C(C)CN(Cc3ccccc3)CC2C)C1. The van der Waals surface area contributed by atoms with Gasteiger partial charge in [0.1, 0.15) is 0 Å². The number of carboxylic acids is 1. The van der Waals surface area contributed by atoms with Crippen LogP contribution in [0.2, 0.25) is 0 Å². The summed E-state index contributed by atoms with van der Waals surface area (Å²) in [5, 5.41) is 12.6. The van der Waals surface area contributed by atoms with Crippen molar-refractivity contribution in [2.45, 2.75) is 39.8 Å². The number of carbonyl (C=O) groups is 2. The third-order valence-corrected chi connectivity index (χ3v) is 6.15. The molecule has 6 heteroatoms. The first-order valence-electron chi connectivity index (χ1n) is 10.4. The highest BCUT2D eigenvalue weighted by atomic mass is 16.4. The van der Waals surface area contributed by atoms with Gasteiger partial charge in [-0.25, -0.2) is 4.79 Å². The van der Waals surface area contributed by atoms with E-state index in [1.165, 1.54) is 5.56 Å². The van der Waals surface area contributed by atoms with Crippen molar-refractivity contribution in [1.82, 2.24) is 15.1 Å². The molecule has 28 heavy (non-hydrogen) atoms. The number of amides is 2. The van der Waals surface area contributed by atoms with E-state index >= 15 is 0 Å². The second kappa shape index (κ2) is 8.95. The number of carboxylic acid groups (broad SMARTS) is 1. The largest absolute Gasteiger partial charge is 0.481 e. The molecule has 1 aromatic rings. The van der Waals surface area contributed by atoms with Gasteiger partial charge < -0.3 is 15.3 Å². The number of piperidine rings is 2. The second-order valence-electron chi connectivity index (χ2n) is 8.89. The lowest BCUT2D eigenvalue weighted by Gasteiger charge is -2.43. The van der Waals surface area contributed by atoms with Crippen molar-refractivity contribution in [2.75, 3.05) is 26.2 Å². The number of nitrogens with zero attached hydrogens (tertiary/aromatic N) is 2. The van der Waals surface area contributed by atoms with Crippen LogP contribution in [0.3, 0.4) is 0 Å². The van der Waals surface area contributed by atoms with Crippen molar-refractivity contribution in [3.8, 4) is 0 Å². The van der Waals surface area contributed by atoms with Crippen LogP contribution in [0.5, 0.6) is 0 Å². The first-order valence-corrected chi connectivity index (χ1v) is 10.4. The average Bonchev–Trinajstić information content (AvgIpc) is 2.65. The minimum atomic E-state index is -0.805. The first kappa shape index (κ1) is 20.6. The third kappa shape index (κ3) is 5.04. The Labute approximate surface area is 167 Å². The summed E-state index contributed by atoms with van der Waals surface area (Å²) in [5.41, 5.74) is 1.31. The molecule has 2 amide bonds. The molecule has 2 N–H and O–H groups in total.